The van der Waals surface area contributed by atoms with Gasteiger partial charge in [0.25, 0.3) is 0 Å². The lowest BCUT2D eigenvalue weighted by molar-refractivity contribution is -0.121. The van der Waals surface area contributed by atoms with Crippen molar-refractivity contribution in [2.45, 2.75) is 13.0 Å². The van der Waals surface area contributed by atoms with Crippen LogP contribution < -0.4 is 5.32 Å². The molecule has 0 saturated heterocycles. The van der Waals surface area contributed by atoms with E-state index in [9.17, 15) is 9.59 Å². The van der Waals surface area contributed by atoms with Gasteiger partial charge in [0.05, 0.1) is 0 Å². The molecule has 1 unspecified atom stereocenters. The Labute approximate surface area is 165 Å². The summed E-state index contributed by atoms with van der Waals surface area (Å²) < 4.78 is 0. The Morgan fingerprint density at radius 1 is 0.857 bits per heavy atom. The first-order valence-electron chi connectivity index (χ1n) is 9.36. The number of anilines is 1. The topological polar surface area (TPSA) is 49.4 Å². The Morgan fingerprint density at radius 3 is 2.11 bits per heavy atom. The van der Waals surface area contributed by atoms with Crippen LogP contribution in [0.2, 0.25) is 0 Å². The second-order valence-electron chi connectivity index (χ2n) is 6.65. The monoisotopic (exact) mass is 372 g/mol. The summed E-state index contributed by atoms with van der Waals surface area (Å²) in [4.78, 5) is 27.7. The van der Waals surface area contributed by atoms with E-state index in [0.717, 1.165) is 12.1 Å². The summed E-state index contributed by atoms with van der Waals surface area (Å²) in [7, 11) is 1.92. The van der Waals surface area contributed by atoms with Crippen LogP contribution in [0.4, 0.5) is 5.69 Å². The molecule has 3 aromatic rings. The Kier molecular flexibility index (Phi) is 6.35. The molecule has 4 nitrogen and oxygen atoms in total. The van der Waals surface area contributed by atoms with Gasteiger partial charge in [-0.15, -0.1) is 0 Å². The maximum atomic E-state index is 13.0. The molecular formula is C24H24N2O2. The van der Waals surface area contributed by atoms with Crippen LogP contribution in [0.3, 0.4) is 0 Å². The van der Waals surface area contributed by atoms with Gasteiger partial charge in [0.2, 0.25) is 5.91 Å². The number of carbonyl (C=O) groups is 2. The molecule has 142 valence electrons. The third-order valence-corrected chi connectivity index (χ3v) is 4.73. The number of ketones is 1. The number of carbonyl (C=O) groups excluding carboxylic acids is 2. The Hall–Kier alpha value is -3.24. The minimum Gasteiger partial charge on any atom is -0.324 e. The molecule has 0 aliphatic carbocycles. The fourth-order valence-electron chi connectivity index (χ4n) is 3.13. The Balaban J connectivity index is 1.82. The van der Waals surface area contributed by atoms with Gasteiger partial charge >= 0.3 is 0 Å². The zero-order chi connectivity index (χ0) is 19.9. The van der Waals surface area contributed by atoms with Crippen LogP contribution in [-0.4, -0.2) is 30.2 Å². The second-order valence-corrected chi connectivity index (χ2v) is 6.65. The van der Waals surface area contributed by atoms with Crippen LogP contribution >= 0.6 is 0 Å². The van der Waals surface area contributed by atoms with Crippen LogP contribution in [0.1, 0.15) is 34.5 Å². The predicted octanol–water partition coefficient (Wildman–Crippen LogP) is 4.55. The SMILES string of the molecule is CCN(C)C(C(=O)Nc1cccc(C(=O)c2ccccc2)c1)c1ccccc1. The molecule has 28 heavy (non-hydrogen) atoms. The van der Waals surface area contributed by atoms with E-state index in [0.29, 0.717) is 16.8 Å². The molecule has 0 bridgehead atoms. The molecule has 0 fully saturated rings. The number of nitrogens with zero attached hydrogens (tertiary/aromatic N) is 1. The summed E-state index contributed by atoms with van der Waals surface area (Å²) in [5, 5.41) is 2.97. The van der Waals surface area contributed by atoms with Crippen molar-refractivity contribution >= 4 is 17.4 Å². The van der Waals surface area contributed by atoms with Gasteiger partial charge in [-0.3, -0.25) is 14.5 Å². The molecule has 1 N–H and O–H groups in total. The number of hydrogen-bond acceptors (Lipinski definition) is 3. The van der Waals surface area contributed by atoms with Crippen LogP contribution in [-0.2, 0) is 4.79 Å². The van der Waals surface area contributed by atoms with Gasteiger partial charge < -0.3 is 5.32 Å². The second kappa shape index (κ2) is 9.11. The summed E-state index contributed by atoms with van der Waals surface area (Å²) >= 11 is 0. The molecule has 0 aliphatic rings. The molecule has 1 atom stereocenters. The smallest absolute Gasteiger partial charge is 0.246 e. The van der Waals surface area contributed by atoms with Crippen molar-refractivity contribution in [1.82, 2.24) is 4.90 Å². The van der Waals surface area contributed by atoms with Crippen LogP contribution in [0.15, 0.2) is 84.9 Å². The molecule has 4 heteroatoms. The van der Waals surface area contributed by atoms with E-state index in [2.05, 4.69) is 5.32 Å². The van der Waals surface area contributed by atoms with Crippen LogP contribution in [0.5, 0.6) is 0 Å². The van der Waals surface area contributed by atoms with Crippen LogP contribution in [0.25, 0.3) is 0 Å². The highest BCUT2D eigenvalue weighted by Crippen LogP contribution is 2.22. The molecule has 0 radical (unpaired) electrons. The average Bonchev–Trinajstić information content (AvgIpc) is 2.74. The lowest BCUT2D eigenvalue weighted by Gasteiger charge is -2.26. The van der Waals surface area contributed by atoms with E-state index in [1.807, 2.05) is 67.4 Å². The summed E-state index contributed by atoms with van der Waals surface area (Å²) in [5.41, 5.74) is 2.71. The first-order chi connectivity index (χ1) is 13.6. The van der Waals surface area contributed by atoms with Crippen molar-refractivity contribution in [3.8, 4) is 0 Å². The van der Waals surface area contributed by atoms with Gasteiger partial charge in [-0.25, -0.2) is 0 Å². The molecule has 3 rings (SSSR count). The van der Waals surface area contributed by atoms with Crippen LogP contribution in [0, 0.1) is 0 Å². The molecular weight excluding hydrogens is 348 g/mol. The lowest BCUT2D eigenvalue weighted by atomic mass is 10.0. The zero-order valence-corrected chi connectivity index (χ0v) is 16.1. The fourth-order valence-corrected chi connectivity index (χ4v) is 3.13. The standard InChI is InChI=1S/C24H24N2O2/c1-3-26(2)22(18-11-6-4-7-12-18)24(28)25-21-16-10-15-20(17-21)23(27)19-13-8-5-9-14-19/h4-17,22H,3H2,1-2H3,(H,25,28). The van der Waals surface area contributed by atoms with Crippen molar-refractivity contribution in [3.05, 3.63) is 102 Å². The normalized spacial score (nSPS) is 11.8. The zero-order valence-electron chi connectivity index (χ0n) is 16.1. The van der Waals surface area contributed by atoms with Crippen molar-refractivity contribution in [2.24, 2.45) is 0 Å². The number of likely N-dealkylation sites (N-methyl/N-ethyl adjacent to an activating group) is 1. The average molecular weight is 372 g/mol. The van der Waals surface area contributed by atoms with Gasteiger partial charge in [0, 0.05) is 16.8 Å². The van der Waals surface area contributed by atoms with E-state index in [1.54, 1.807) is 36.4 Å². The van der Waals surface area contributed by atoms with Crippen molar-refractivity contribution in [3.63, 3.8) is 0 Å². The van der Waals surface area contributed by atoms with E-state index in [1.165, 1.54) is 0 Å². The predicted molar refractivity (Wildman–Crippen MR) is 112 cm³/mol. The van der Waals surface area contributed by atoms with Gasteiger partial charge in [-0.1, -0.05) is 79.7 Å². The molecule has 0 heterocycles. The summed E-state index contributed by atoms with van der Waals surface area (Å²) in [6.07, 6.45) is 0. The first kappa shape index (κ1) is 19.5. The van der Waals surface area contributed by atoms with E-state index < -0.39 is 6.04 Å². The van der Waals surface area contributed by atoms with E-state index >= 15 is 0 Å². The quantitative estimate of drug-likeness (QED) is 0.619. The van der Waals surface area contributed by atoms with Crippen molar-refractivity contribution in [1.29, 1.82) is 0 Å². The summed E-state index contributed by atoms with van der Waals surface area (Å²) in [6, 6.07) is 25.5. The minimum atomic E-state index is -0.403. The Morgan fingerprint density at radius 2 is 1.46 bits per heavy atom. The summed E-state index contributed by atoms with van der Waals surface area (Å²) in [5.74, 6) is -0.193. The highest BCUT2D eigenvalue weighted by Gasteiger charge is 2.24. The minimum absolute atomic E-state index is 0.0676. The number of nitrogens with one attached hydrogen (secondary N) is 1. The Bertz CT molecular complexity index is 939. The number of rotatable bonds is 7. The lowest BCUT2D eigenvalue weighted by Crippen LogP contribution is -2.34. The highest BCUT2D eigenvalue weighted by atomic mass is 16.2. The molecule has 0 saturated carbocycles. The molecule has 3 aromatic carbocycles. The first-order valence-corrected chi connectivity index (χ1v) is 9.36. The number of amides is 1. The number of hydrogen-bond donors (Lipinski definition) is 1. The summed E-state index contributed by atoms with van der Waals surface area (Å²) in [6.45, 7) is 2.75. The maximum absolute atomic E-state index is 13.0. The maximum Gasteiger partial charge on any atom is 0.246 e. The molecule has 0 aliphatic heterocycles. The molecule has 0 aromatic heterocycles. The fraction of sp³-hybridized carbons (Fsp3) is 0.167. The van der Waals surface area contributed by atoms with Crippen molar-refractivity contribution in [2.75, 3.05) is 18.9 Å². The number of benzene rings is 3. The van der Waals surface area contributed by atoms with Crippen molar-refractivity contribution < 1.29 is 9.59 Å². The van der Waals surface area contributed by atoms with E-state index in [-0.39, 0.29) is 11.7 Å². The molecule has 1 amide bonds. The van der Waals surface area contributed by atoms with Gasteiger partial charge in [-0.2, -0.15) is 0 Å². The third-order valence-electron chi connectivity index (χ3n) is 4.73. The van der Waals surface area contributed by atoms with Gasteiger partial charge in [0.1, 0.15) is 6.04 Å². The highest BCUT2D eigenvalue weighted by molar-refractivity contribution is 6.09. The van der Waals surface area contributed by atoms with Gasteiger partial charge in [0.15, 0.2) is 5.78 Å². The van der Waals surface area contributed by atoms with Gasteiger partial charge in [-0.05, 0) is 31.3 Å². The largest absolute Gasteiger partial charge is 0.324 e. The van der Waals surface area contributed by atoms with E-state index in [4.69, 9.17) is 0 Å². The molecule has 0 spiro atoms. The third kappa shape index (κ3) is 4.53.